The maximum Gasteiger partial charge on any atom is 0.410 e. The van der Waals surface area contributed by atoms with Gasteiger partial charge in [0, 0.05) is 31.1 Å². The number of hydrogen-bond donors (Lipinski definition) is 1. The molecule has 3 atom stereocenters. The number of benzene rings is 2. The van der Waals surface area contributed by atoms with Crippen LogP contribution in [0.25, 0.3) is 0 Å². The summed E-state index contributed by atoms with van der Waals surface area (Å²) in [6, 6.07) is 13.0. The molecule has 2 heterocycles. The summed E-state index contributed by atoms with van der Waals surface area (Å²) in [5.41, 5.74) is -1.09. The molecule has 2 fully saturated rings. The molecule has 1 saturated heterocycles. The first-order valence-electron chi connectivity index (χ1n) is 14.0. The van der Waals surface area contributed by atoms with Gasteiger partial charge in [0.15, 0.2) is 5.75 Å². The van der Waals surface area contributed by atoms with Crippen LogP contribution in [-0.2, 0) is 14.3 Å². The predicted molar refractivity (Wildman–Crippen MR) is 156 cm³/mol. The van der Waals surface area contributed by atoms with Crippen LogP contribution >= 0.6 is 11.6 Å². The molecule has 2 aromatic carbocycles. The third-order valence-corrected chi connectivity index (χ3v) is 7.67. The SMILES string of the molecule is C[C@H](CC(C)(C)O)OC(=O)[C@@H]1CC12CN(C1=Nc3cc(Cl)ccc3Oc3ccccc31)CCN2C(=O)OC(C)(C)C. The highest BCUT2D eigenvalue weighted by Gasteiger charge is 2.67. The van der Waals surface area contributed by atoms with E-state index in [-0.39, 0.29) is 5.97 Å². The number of aliphatic hydroxyl groups is 1. The molecule has 2 aromatic rings. The van der Waals surface area contributed by atoms with Crippen molar-refractivity contribution >= 4 is 35.2 Å². The summed E-state index contributed by atoms with van der Waals surface area (Å²) in [7, 11) is 0. The van der Waals surface area contributed by atoms with Crippen molar-refractivity contribution in [3.8, 4) is 11.5 Å². The van der Waals surface area contributed by atoms with E-state index in [0.29, 0.717) is 60.5 Å². The number of carbonyl (C=O) groups is 2. The van der Waals surface area contributed by atoms with Gasteiger partial charge >= 0.3 is 12.1 Å². The van der Waals surface area contributed by atoms with Crippen LogP contribution in [-0.4, -0.2) is 75.3 Å². The Balaban J connectivity index is 1.48. The minimum Gasteiger partial charge on any atom is -0.462 e. The van der Waals surface area contributed by atoms with Crippen LogP contribution in [0.4, 0.5) is 10.5 Å². The molecule has 1 N–H and O–H groups in total. The highest BCUT2D eigenvalue weighted by atomic mass is 35.5. The summed E-state index contributed by atoms with van der Waals surface area (Å²) in [6.07, 6.45) is -0.201. The van der Waals surface area contributed by atoms with E-state index in [1.165, 1.54) is 0 Å². The van der Waals surface area contributed by atoms with E-state index >= 15 is 0 Å². The van der Waals surface area contributed by atoms with Crippen LogP contribution in [0.3, 0.4) is 0 Å². The number of fused-ring (bicyclic) bond motifs is 2. The molecule has 2 aliphatic heterocycles. The third kappa shape index (κ3) is 6.31. The number of para-hydroxylation sites is 1. The third-order valence-electron chi connectivity index (χ3n) is 7.44. The lowest BCUT2D eigenvalue weighted by molar-refractivity contribution is -0.153. The largest absolute Gasteiger partial charge is 0.462 e. The Kier molecular flexibility index (Phi) is 7.49. The molecular weight excluding hydrogens is 546 g/mol. The van der Waals surface area contributed by atoms with E-state index in [1.807, 2.05) is 45.0 Å². The highest BCUT2D eigenvalue weighted by molar-refractivity contribution is 6.31. The number of rotatable bonds is 4. The van der Waals surface area contributed by atoms with Gasteiger partial charge in [-0.1, -0.05) is 23.7 Å². The zero-order chi connectivity index (χ0) is 29.7. The average molecular weight is 584 g/mol. The Morgan fingerprint density at radius 2 is 1.88 bits per heavy atom. The number of aliphatic imine (C=N–C) groups is 1. The molecule has 1 saturated carbocycles. The summed E-state index contributed by atoms with van der Waals surface area (Å²) in [6.45, 7) is 11.8. The van der Waals surface area contributed by atoms with E-state index in [9.17, 15) is 14.7 Å². The molecule has 0 bridgehead atoms. The summed E-state index contributed by atoms with van der Waals surface area (Å²) in [5, 5.41) is 10.7. The van der Waals surface area contributed by atoms with Crippen LogP contribution in [0, 0.1) is 5.92 Å². The van der Waals surface area contributed by atoms with Crippen molar-refractivity contribution in [1.82, 2.24) is 9.80 Å². The first-order chi connectivity index (χ1) is 19.1. The zero-order valence-corrected chi connectivity index (χ0v) is 25.2. The molecule has 1 spiro atoms. The van der Waals surface area contributed by atoms with Crippen molar-refractivity contribution in [2.45, 2.75) is 77.2 Å². The van der Waals surface area contributed by atoms with Crippen molar-refractivity contribution in [2.24, 2.45) is 10.9 Å². The van der Waals surface area contributed by atoms with E-state index in [4.69, 9.17) is 30.8 Å². The normalized spacial score (nSPS) is 22.5. The molecule has 3 aliphatic rings. The number of amidine groups is 1. The first kappa shape index (κ1) is 29.2. The first-order valence-corrected chi connectivity index (χ1v) is 14.4. The van der Waals surface area contributed by atoms with Gasteiger partial charge in [-0.15, -0.1) is 0 Å². The quantitative estimate of drug-likeness (QED) is 0.445. The highest BCUT2D eigenvalue weighted by Crippen LogP contribution is 2.52. The van der Waals surface area contributed by atoms with Crippen molar-refractivity contribution < 1.29 is 28.9 Å². The molecule has 10 heteroatoms. The molecule has 9 nitrogen and oxygen atoms in total. The molecule has 5 rings (SSSR count). The number of amides is 1. The lowest BCUT2D eigenvalue weighted by atomic mass is 10.0. The van der Waals surface area contributed by atoms with E-state index in [2.05, 4.69) is 4.90 Å². The van der Waals surface area contributed by atoms with Crippen molar-refractivity contribution in [3.05, 3.63) is 53.1 Å². The molecular formula is C31H38ClN3O6. The minimum atomic E-state index is -0.975. The number of esters is 1. The van der Waals surface area contributed by atoms with Gasteiger partial charge in [-0.2, -0.15) is 0 Å². The zero-order valence-electron chi connectivity index (χ0n) is 24.4. The summed E-state index contributed by atoms with van der Waals surface area (Å²) in [4.78, 5) is 35.6. The van der Waals surface area contributed by atoms with Crippen LogP contribution < -0.4 is 4.74 Å². The van der Waals surface area contributed by atoms with Crippen molar-refractivity contribution in [3.63, 3.8) is 0 Å². The standard InChI is InChI=1S/C31H38ClN3O6/c1-19(16-30(5,6)38)39-27(36)22-17-31(22)18-34(13-14-35(31)28(37)41-29(2,3)4)26-21-9-7-8-10-24(21)40-25-12-11-20(32)15-23(25)33-26/h7-12,15,19,22,38H,13-14,16-18H2,1-6H3/t19-,22+,31?/m1/s1. The average Bonchev–Trinajstić information content (AvgIpc) is 3.58. The number of halogens is 1. The van der Waals surface area contributed by atoms with Crippen LogP contribution in [0.1, 0.15) is 59.9 Å². The topological polar surface area (TPSA) is 101 Å². The number of carbonyl (C=O) groups excluding carboxylic acids is 2. The van der Waals surface area contributed by atoms with E-state index < -0.39 is 34.9 Å². The van der Waals surface area contributed by atoms with Gasteiger partial charge in [0.25, 0.3) is 0 Å². The smallest absolute Gasteiger partial charge is 0.410 e. The van der Waals surface area contributed by atoms with Crippen molar-refractivity contribution in [1.29, 1.82) is 0 Å². The minimum absolute atomic E-state index is 0.302. The van der Waals surface area contributed by atoms with Crippen LogP contribution in [0.15, 0.2) is 47.5 Å². The molecule has 220 valence electrons. The second-order valence-corrected chi connectivity index (χ2v) is 13.3. The fourth-order valence-corrected chi connectivity index (χ4v) is 5.91. The molecule has 0 aromatic heterocycles. The Labute approximate surface area is 246 Å². The number of nitrogens with zero attached hydrogens (tertiary/aromatic N) is 3. The number of piperazine rings is 1. The Hall–Kier alpha value is -3.30. The van der Waals surface area contributed by atoms with Crippen molar-refractivity contribution in [2.75, 3.05) is 19.6 Å². The Morgan fingerprint density at radius 1 is 1.15 bits per heavy atom. The van der Waals surface area contributed by atoms with Gasteiger partial charge in [0.1, 0.15) is 29.0 Å². The number of hydrogen-bond acceptors (Lipinski definition) is 8. The second kappa shape index (κ2) is 10.5. The van der Waals surface area contributed by atoms with Gasteiger partial charge < -0.3 is 24.2 Å². The van der Waals surface area contributed by atoms with Gasteiger partial charge in [0.05, 0.1) is 22.6 Å². The fourth-order valence-electron chi connectivity index (χ4n) is 5.74. The summed E-state index contributed by atoms with van der Waals surface area (Å²) >= 11 is 6.31. The molecule has 41 heavy (non-hydrogen) atoms. The van der Waals surface area contributed by atoms with Crippen LogP contribution in [0.2, 0.25) is 5.02 Å². The van der Waals surface area contributed by atoms with Gasteiger partial charge in [-0.3, -0.25) is 9.69 Å². The second-order valence-electron chi connectivity index (χ2n) is 12.8. The monoisotopic (exact) mass is 583 g/mol. The predicted octanol–water partition coefficient (Wildman–Crippen LogP) is 5.93. The molecule has 0 radical (unpaired) electrons. The van der Waals surface area contributed by atoms with Gasteiger partial charge in [0.2, 0.25) is 0 Å². The molecule has 1 amide bonds. The maximum atomic E-state index is 13.4. The van der Waals surface area contributed by atoms with E-state index in [0.717, 1.165) is 5.56 Å². The maximum absolute atomic E-state index is 13.4. The Bertz CT molecular complexity index is 1380. The van der Waals surface area contributed by atoms with Gasteiger partial charge in [-0.05, 0) is 78.3 Å². The molecule has 1 aliphatic carbocycles. The summed E-state index contributed by atoms with van der Waals surface area (Å²) < 4.78 is 17.7. The summed E-state index contributed by atoms with van der Waals surface area (Å²) in [5.74, 6) is 0.998. The fraction of sp³-hybridized carbons (Fsp3) is 0.516. The lowest BCUT2D eigenvalue weighted by Crippen LogP contribution is -2.60. The lowest BCUT2D eigenvalue weighted by Gasteiger charge is -2.44. The van der Waals surface area contributed by atoms with Crippen LogP contribution in [0.5, 0.6) is 11.5 Å². The van der Waals surface area contributed by atoms with E-state index in [1.54, 1.807) is 43.9 Å². The van der Waals surface area contributed by atoms with Gasteiger partial charge in [-0.25, -0.2) is 9.79 Å². The Morgan fingerprint density at radius 3 is 2.59 bits per heavy atom. The number of ether oxygens (including phenoxy) is 3. The molecule has 1 unspecified atom stereocenters.